The molecule has 1 aromatic rings. The van der Waals surface area contributed by atoms with Crippen molar-refractivity contribution < 1.29 is 14.5 Å². The molecule has 1 rings (SSSR count). The zero-order chi connectivity index (χ0) is 10.7. The van der Waals surface area contributed by atoms with Crippen LogP contribution in [0.15, 0.2) is 16.6 Å². The Morgan fingerprint density at radius 3 is 2.64 bits per heavy atom. The van der Waals surface area contributed by atoms with Gasteiger partial charge >= 0.3 is 5.69 Å². The van der Waals surface area contributed by atoms with Crippen LogP contribution in [-0.2, 0) is 0 Å². The van der Waals surface area contributed by atoms with Gasteiger partial charge in [-0.05, 0) is 28.1 Å². The highest BCUT2D eigenvalue weighted by Crippen LogP contribution is 2.34. The summed E-state index contributed by atoms with van der Waals surface area (Å²) >= 11 is 3.05. The Labute approximate surface area is 88.0 Å². The minimum atomic E-state index is -0.646. The molecule has 1 aromatic carbocycles. The van der Waals surface area contributed by atoms with E-state index in [9.17, 15) is 14.9 Å². The lowest BCUT2D eigenvalue weighted by atomic mass is 10.2. The molecule has 0 unspecified atom stereocenters. The first-order chi connectivity index (χ1) is 6.61. The second kappa shape index (κ2) is 4.19. The van der Waals surface area contributed by atoms with Gasteiger partial charge in [0, 0.05) is 4.47 Å². The quantitative estimate of drug-likeness (QED) is 0.474. The normalized spacial score (nSPS) is 9.57. The fourth-order valence-electron chi connectivity index (χ4n) is 1.03. The van der Waals surface area contributed by atoms with E-state index in [1.807, 2.05) is 0 Å². The van der Waals surface area contributed by atoms with Gasteiger partial charge in [0.1, 0.15) is 5.56 Å². The summed E-state index contributed by atoms with van der Waals surface area (Å²) in [6.07, 6.45) is 0.421. The second-order valence-electron chi connectivity index (χ2n) is 2.39. The Bertz CT molecular complexity index is 391. The van der Waals surface area contributed by atoms with Crippen molar-refractivity contribution in [2.45, 2.75) is 0 Å². The Morgan fingerprint density at radius 2 is 2.21 bits per heavy atom. The second-order valence-corrected chi connectivity index (χ2v) is 3.24. The number of methoxy groups -OCH3 is 1. The number of hydrogen-bond donors (Lipinski definition) is 0. The van der Waals surface area contributed by atoms with Gasteiger partial charge in [-0.25, -0.2) is 0 Å². The van der Waals surface area contributed by atoms with Crippen LogP contribution >= 0.6 is 15.9 Å². The van der Waals surface area contributed by atoms with Crippen LogP contribution in [0.3, 0.4) is 0 Å². The number of rotatable bonds is 3. The summed E-state index contributed by atoms with van der Waals surface area (Å²) in [7, 11) is 1.31. The third-order valence-electron chi connectivity index (χ3n) is 1.65. The van der Waals surface area contributed by atoms with E-state index in [1.165, 1.54) is 19.2 Å². The number of halogens is 1. The van der Waals surface area contributed by atoms with Gasteiger partial charge in [0.2, 0.25) is 0 Å². The molecule has 74 valence electrons. The van der Waals surface area contributed by atoms with Crippen molar-refractivity contribution in [1.82, 2.24) is 0 Å². The van der Waals surface area contributed by atoms with Crippen molar-refractivity contribution in [3.8, 4) is 5.75 Å². The lowest BCUT2D eigenvalue weighted by Crippen LogP contribution is -1.99. The van der Waals surface area contributed by atoms with Crippen molar-refractivity contribution in [3.63, 3.8) is 0 Å². The summed E-state index contributed by atoms with van der Waals surface area (Å²) < 4.78 is 5.16. The van der Waals surface area contributed by atoms with Gasteiger partial charge < -0.3 is 4.74 Å². The first-order valence-corrected chi connectivity index (χ1v) is 4.37. The number of carbonyl (C=O) groups is 1. The first kappa shape index (κ1) is 10.6. The molecule has 0 saturated carbocycles. The zero-order valence-electron chi connectivity index (χ0n) is 7.19. The van der Waals surface area contributed by atoms with E-state index in [0.717, 1.165) is 0 Å². The molecule has 0 heterocycles. The van der Waals surface area contributed by atoms with Crippen LogP contribution in [0.25, 0.3) is 0 Å². The SMILES string of the molecule is COc1ccc(Br)c(C=O)c1[N+](=O)[O-]. The molecule has 0 aliphatic carbocycles. The van der Waals surface area contributed by atoms with Crippen LogP contribution < -0.4 is 4.74 Å². The maximum absolute atomic E-state index is 10.7. The molecule has 14 heavy (non-hydrogen) atoms. The molecule has 0 fully saturated rings. The smallest absolute Gasteiger partial charge is 0.322 e. The number of aldehydes is 1. The molecule has 0 bridgehead atoms. The first-order valence-electron chi connectivity index (χ1n) is 3.58. The Kier molecular flexibility index (Phi) is 3.19. The number of nitrogens with zero attached hydrogens (tertiary/aromatic N) is 1. The van der Waals surface area contributed by atoms with Gasteiger partial charge in [-0.15, -0.1) is 0 Å². The predicted octanol–water partition coefficient (Wildman–Crippen LogP) is 2.18. The van der Waals surface area contributed by atoms with Gasteiger partial charge in [-0.3, -0.25) is 14.9 Å². The minimum absolute atomic E-state index is 0.0191. The maximum Gasteiger partial charge on any atom is 0.322 e. The highest BCUT2D eigenvalue weighted by atomic mass is 79.9. The molecule has 0 aliphatic heterocycles. The number of nitro groups is 1. The Balaban J connectivity index is 3.51. The molecule has 0 aromatic heterocycles. The zero-order valence-corrected chi connectivity index (χ0v) is 8.78. The van der Waals surface area contributed by atoms with Crippen LogP contribution in [0.4, 0.5) is 5.69 Å². The van der Waals surface area contributed by atoms with Crippen molar-refractivity contribution in [3.05, 3.63) is 32.3 Å². The van der Waals surface area contributed by atoms with E-state index in [1.54, 1.807) is 0 Å². The van der Waals surface area contributed by atoms with Gasteiger partial charge in [-0.1, -0.05) is 0 Å². The summed E-state index contributed by atoms with van der Waals surface area (Å²) in [6.45, 7) is 0. The summed E-state index contributed by atoms with van der Waals surface area (Å²) in [5.74, 6) is 0.0697. The molecule has 0 aliphatic rings. The fraction of sp³-hybridized carbons (Fsp3) is 0.125. The summed E-state index contributed by atoms with van der Waals surface area (Å²) in [6, 6.07) is 2.95. The van der Waals surface area contributed by atoms with Crippen molar-refractivity contribution in [2.24, 2.45) is 0 Å². The fourth-order valence-corrected chi connectivity index (χ4v) is 1.44. The standard InChI is InChI=1S/C8H6BrNO4/c1-14-7-3-2-6(9)5(4-11)8(7)10(12)13/h2-4H,1H3. The van der Waals surface area contributed by atoms with E-state index in [2.05, 4.69) is 15.9 Å². The van der Waals surface area contributed by atoms with Crippen molar-refractivity contribution in [2.75, 3.05) is 7.11 Å². The minimum Gasteiger partial charge on any atom is -0.490 e. The molecule has 6 heteroatoms. The van der Waals surface area contributed by atoms with Gasteiger partial charge in [0.25, 0.3) is 0 Å². The number of carbonyl (C=O) groups excluding carboxylic acids is 1. The summed E-state index contributed by atoms with van der Waals surface area (Å²) in [4.78, 5) is 20.6. The number of hydrogen-bond acceptors (Lipinski definition) is 4. The molecule has 0 atom stereocenters. The maximum atomic E-state index is 10.7. The molecule has 0 amide bonds. The Morgan fingerprint density at radius 1 is 1.57 bits per heavy atom. The summed E-state index contributed by atoms with van der Waals surface area (Å²) in [5, 5.41) is 10.7. The molecule has 0 spiro atoms. The number of nitro benzene ring substituents is 1. The van der Waals surface area contributed by atoms with E-state index < -0.39 is 4.92 Å². The van der Waals surface area contributed by atoms with E-state index in [0.29, 0.717) is 10.8 Å². The third kappa shape index (κ3) is 1.74. The van der Waals surface area contributed by atoms with E-state index >= 15 is 0 Å². The largest absolute Gasteiger partial charge is 0.490 e. The van der Waals surface area contributed by atoms with Crippen molar-refractivity contribution >= 4 is 27.9 Å². The predicted molar refractivity (Wildman–Crippen MR) is 52.7 cm³/mol. The topological polar surface area (TPSA) is 69.4 Å². The average Bonchev–Trinajstić information content (AvgIpc) is 2.17. The van der Waals surface area contributed by atoms with Crippen LogP contribution in [0.5, 0.6) is 5.75 Å². The number of ether oxygens (including phenoxy) is 1. The van der Waals surface area contributed by atoms with Gasteiger partial charge in [-0.2, -0.15) is 0 Å². The molecule has 0 saturated heterocycles. The molecule has 5 nitrogen and oxygen atoms in total. The average molecular weight is 260 g/mol. The van der Waals surface area contributed by atoms with Crippen LogP contribution in [-0.4, -0.2) is 18.3 Å². The van der Waals surface area contributed by atoms with E-state index in [-0.39, 0.29) is 17.0 Å². The van der Waals surface area contributed by atoms with Gasteiger partial charge in [0.05, 0.1) is 12.0 Å². The lowest BCUT2D eigenvalue weighted by Gasteiger charge is -2.04. The van der Waals surface area contributed by atoms with Crippen molar-refractivity contribution in [1.29, 1.82) is 0 Å². The van der Waals surface area contributed by atoms with Crippen LogP contribution in [0.1, 0.15) is 10.4 Å². The molecule has 0 radical (unpaired) electrons. The third-order valence-corrected chi connectivity index (χ3v) is 2.34. The summed E-state index contributed by atoms with van der Waals surface area (Å²) in [5.41, 5.74) is -0.341. The molecular formula is C8H6BrNO4. The molecule has 0 N–H and O–H groups in total. The van der Waals surface area contributed by atoms with E-state index in [4.69, 9.17) is 4.74 Å². The van der Waals surface area contributed by atoms with Gasteiger partial charge in [0.15, 0.2) is 12.0 Å². The highest BCUT2D eigenvalue weighted by Gasteiger charge is 2.22. The molecular weight excluding hydrogens is 254 g/mol. The highest BCUT2D eigenvalue weighted by molar-refractivity contribution is 9.10. The Hall–Kier alpha value is -1.43. The lowest BCUT2D eigenvalue weighted by molar-refractivity contribution is -0.386. The number of benzene rings is 1. The monoisotopic (exact) mass is 259 g/mol. The van der Waals surface area contributed by atoms with Crippen LogP contribution in [0, 0.1) is 10.1 Å². The van der Waals surface area contributed by atoms with Crippen LogP contribution in [0.2, 0.25) is 0 Å².